The lowest BCUT2D eigenvalue weighted by Gasteiger charge is -2.02. The van der Waals surface area contributed by atoms with Gasteiger partial charge in [-0.25, -0.2) is 14.8 Å². The van der Waals surface area contributed by atoms with Crippen LogP contribution in [0.3, 0.4) is 0 Å². The summed E-state index contributed by atoms with van der Waals surface area (Å²) >= 11 is 3.06. The zero-order valence-electron chi connectivity index (χ0n) is 7.03. The van der Waals surface area contributed by atoms with Crippen LogP contribution in [0.25, 0.3) is 0 Å². The number of ether oxygens (including phenoxy) is 1. The maximum atomic E-state index is 11.3. The van der Waals surface area contributed by atoms with E-state index in [4.69, 9.17) is 12.2 Å². The van der Waals surface area contributed by atoms with Gasteiger partial charge in [0.25, 0.3) is 0 Å². The van der Waals surface area contributed by atoms with Crippen molar-refractivity contribution in [3.8, 4) is 12.3 Å². The Labute approximate surface area is 88.8 Å². The average Bonchev–Trinajstić information content (AvgIpc) is 2.18. The fraction of sp³-hybridized carbons (Fsp3) is 0.125. The fourth-order valence-corrected chi connectivity index (χ4v) is 0.982. The number of anilines is 1. The van der Waals surface area contributed by atoms with Gasteiger partial charge in [-0.15, -0.1) is 6.42 Å². The summed E-state index contributed by atoms with van der Waals surface area (Å²) in [7, 11) is 0. The van der Waals surface area contributed by atoms with E-state index in [-0.39, 0.29) is 18.1 Å². The normalized spacial score (nSPS) is 9.14. The van der Waals surface area contributed by atoms with E-state index in [9.17, 15) is 4.79 Å². The van der Waals surface area contributed by atoms with Gasteiger partial charge in [-0.3, -0.25) is 0 Å². The van der Waals surface area contributed by atoms with Gasteiger partial charge >= 0.3 is 5.97 Å². The highest BCUT2D eigenvalue weighted by Gasteiger charge is 2.14. The summed E-state index contributed by atoms with van der Waals surface area (Å²) in [5, 5.41) is 0. The number of hydrogen-bond donors (Lipinski definition) is 1. The number of carbonyl (C=O) groups excluding carboxylic acids is 1. The minimum atomic E-state index is -0.686. The minimum absolute atomic E-state index is 0.00946. The maximum absolute atomic E-state index is 11.3. The van der Waals surface area contributed by atoms with Gasteiger partial charge in [0.15, 0.2) is 18.1 Å². The quantitative estimate of drug-likeness (QED) is 0.619. The van der Waals surface area contributed by atoms with E-state index in [0.29, 0.717) is 4.60 Å². The van der Waals surface area contributed by atoms with Crippen molar-refractivity contribution in [2.45, 2.75) is 0 Å². The molecule has 0 aliphatic rings. The monoisotopic (exact) mass is 255 g/mol. The SMILES string of the molecule is C#CCOC(=O)c1nc(Br)cnc1N. The average molecular weight is 256 g/mol. The molecule has 0 saturated heterocycles. The molecule has 1 aromatic heterocycles. The minimum Gasteiger partial charge on any atom is -0.448 e. The Morgan fingerprint density at radius 2 is 2.50 bits per heavy atom. The summed E-state index contributed by atoms with van der Waals surface area (Å²) < 4.78 is 5.04. The first-order chi connectivity index (χ1) is 6.65. The van der Waals surface area contributed by atoms with E-state index in [0.717, 1.165) is 0 Å². The third-order valence-electron chi connectivity index (χ3n) is 1.25. The number of hydrogen-bond acceptors (Lipinski definition) is 5. The number of nitrogens with two attached hydrogens (primary N) is 1. The van der Waals surface area contributed by atoms with Gasteiger partial charge in [0, 0.05) is 0 Å². The van der Waals surface area contributed by atoms with E-state index in [1.807, 2.05) is 0 Å². The Morgan fingerprint density at radius 1 is 1.79 bits per heavy atom. The third-order valence-corrected chi connectivity index (χ3v) is 1.63. The predicted molar refractivity (Wildman–Crippen MR) is 53.3 cm³/mol. The molecule has 0 unspecified atom stereocenters. The Hall–Kier alpha value is -1.61. The zero-order valence-corrected chi connectivity index (χ0v) is 8.61. The highest BCUT2D eigenvalue weighted by molar-refractivity contribution is 9.10. The lowest BCUT2D eigenvalue weighted by Crippen LogP contribution is -2.12. The summed E-state index contributed by atoms with van der Waals surface area (Å²) in [4.78, 5) is 18.8. The molecule has 1 heterocycles. The van der Waals surface area contributed by atoms with Crippen LogP contribution in [-0.4, -0.2) is 22.5 Å². The van der Waals surface area contributed by atoms with Crippen molar-refractivity contribution < 1.29 is 9.53 Å². The van der Waals surface area contributed by atoms with Gasteiger partial charge in [0.1, 0.15) is 4.60 Å². The van der Waals surface area contributed by atoms with E-state index >= 15 is 0 Å². The smallest absolute Gasteiger partial charge is 0.361 e. The van der Waals surface area contributed by atoms with E-state index in [1.54, 1.807) is 0 Å². The van der Waals surface area contributed by atoms with E-state index in [1.165, 1.54) is 6.20 Å². The lowest BCUT2D eigenvalue weighted by molar-refractivity contribution is 0.0550. The van der Waals surface area contributed by atoms with Gasteiger partial charge in [-0.2, -0.15) is 0 Å². The van der Waals surface area contributed by atoms with Crippen LogP contribution in [0.15, 0.2) is 10.8 Å². The van der Waals surface area contributed by atoms with Crippen LogP contribution in [0.2, 0.25) is 0 Å². The van der Waals surface area contributed by atoms with Crippen LogP contribution >= 0.6 is 15.9 Å². The highest BCUT2D eigenvalue weighted by atomic mass is 79.9. The highest BCUT2D eigenvalue weighted by Crippen LogP contribution is 2.11. The standard InChI is InChI=1S/C8H6BrN3O2/c1-2-3-14-8(13)6-7(10)11-4-5(9)12-6/h1,4H,3H2,(H2,10,11). The summed E-state index contributed by atoms with van der Waals surface area (Å²) in [5.74, 6) is 1.48. The fourth-order valence-electron chi connectivity index (χ4n) is 0.703. The van der Waals surface area contributed by atoms with Crippen LogP contribution in [0.4, 0.5) is 5.82 Å². The van der Waals surface area contributed by atoms with E-state index < -0.39 is 5.97 Å². The molecule has 0 fully saturated rings. The van der Waals surface area contributed by atoms with Crippen molar-refractivity contribution in [1.82, 2.24) is 9.97 Å². The Balaban J connectivity index is 2.90. The molecule has 0 amide bonds. The first kappa shape index (κ1) is 10.5. The summed E-state index contributed by atoms with van der Waals surface area (Å²) in [5.41, 5.74) is 5.37. The van der Waals surface area contributed by atoms with Gasteiger partial charge in [-0.1, -0.05) is 5.92 Å². The largest absolute Gasteiger partial charge is 0.448 e. The van der Waals surface area contributed by atoms with E-state index in [2.05, 4.69) is 36.6 Å². The molecule has 0 atom stereocenters. The number of rotatable bonds is 2. The second-order valence-electron chi connectivity index (χ2n) is 2.21. The van der Waals surface area contributed by atoms with Crippen LogP contribution in [-0.2, 0) is 4.74 Å². The van der Waals surface area contributed by atoms with Crippen molar-refractivity contribution in [2.24, 2.45) is 0 Å². The molecule has 5 nitrogen and oxygen atoms in total. The second kappa shape index (κ2) is 4.58. The number of esters is 1. The Bertz CT molecular complexity index is 400. The molecule has 72 valence electrons. The summed E-state index contributed by atoms with van der Waals surface area (Å²) in [6, 6.07) is 0. The van der Waals surface area contributed by atoms with Crippen LogP contribution < -0.4 is 5.73 Å². The molecule has 0 saturated carbocycles. The first-order valence-electron chi connectivity index (χ1n) is 3.53. The van der Waals surface area contributed by atoms with Crippen LogP contribution in [0, 0.1) is 12.3 Å². The molecule has 0 aliphatic heterocycles. The molecule has 1 rings (SSSR count). The molecule has 0 radical (unpaired) electrons. The Morgan fingerprint density at radius 3 is 3.14 bits per heavy atom. The molecule has 14 heavy (non-hydrogen) atoms. The predicted octanol–water partition coefficient (Wildman–Crippen LogP) is 0.611. The number of halogens is 1. The van der Waals surface area contributed by atoms with Gasteiger partial charge in [0.05, 0.1) is 6.20 Å². The molecule has 0 spiro atoms. The molecule has 6 heteroatoms. The molecule has 0 bridgehead atoms. The molecular weight excluding hydrogens is 250 g/mol. The third kappa shape index (κ3) is 2.44. The molecular formula is C8H6BrN3O2. The van der Waals surface area contributed by atoms with Crippen molar-refractivity contribution in [1.29, 1.82) is 0 Å². The number of nitrogen functional groups attached to an aromatic ring is 1. The van der Waals surface area contributed by atoms with Crippen LogP contribution in [0.1, 0.15) is 10.5 Å². The van der Waals surface area contributed by atoms with Crippen molar-refractivity contribution in [2.75, 3.05) is 12.3 Å². The first-order valence-corrected chi connectivity index (χ1v) is 4.33. The molecule has 1 aromatic rings. The topological polar surface area (TPSA) is 78.1 Å². The lowest BCUT2D eigenvalue weighted by atomic mass is 10.4. The zero-order chi connectivity index (χ0) is 10.6. The molecule has 0 aliphatic carbocycles. The Kier molecular flexibility index (Phi) is 3.42. The number of nitrogens with zero attached hydrogens (tertiary/aromatic N) is 2. The summed E-state index contributed by atoms with van der Waals surface area (Å²) in [6.45, 7) is -0.119. The van der Waals surface area contributed by atoms with Gasteiger partial charge in [0.2, 0.25) is 0 Å². The van der Waals surface area contributed by atoms with Gasteiger partial charge in [-0.05, 0) is 15.9 Å². The van der Waals surface area contributed by atoms with Crippen molar-refractivity contribution in [3.05, 3.63) is 16.5 Å². The second-order valence-corrected chi connectivity index (χ2v) is 3.02. The van der Waals surface area contributed by atoms with Gasteiger partial charge < -0.3 is 10.5 Å². The molecule has 2 N–H and O–H groups in total. The number of terminal acetylenes is 1. The number of aromatic nitrogens is 2. The van der Waals surface area contributed by atoms with Crippen LogP contribution in [0.5, 0.6) is 0 Å². The van der Waals surface area contributed by atoms with Crippen molar-refractivity contribution >= 4 is 27.7 Å². The summed E-state index contributed by atoms with van der Waals surface area (Å²) in [6.07, 6.45) is 6.30. The molecule has 0 aromatic carbocycles. The maximum Gasteiger partial charge on any atom is 0.361 e. The van der Waals surface area contributed by atoms with Crippen molar-refractivity contribution in [3.63, 3.8) is 0 Å². The number of carbonyl (C=O) groups is 1.